The van der Waals surface area contributed by atoms with Gasteiger partial charge in [0, 0.05) is 26.1 Å². The van der Waals surface area contributed by atoms with Gasteiger partial charge in [-0.3, -0.25) is 4.79 Å². The predicted octanol–water partition coefficient (Wildman–Crippen LogP) is 6.32. The van der Waals surface area contributed by atoms with E-state index < -0.39 is 0 Å². The second kappa shape index (κ2) is 10.1. The number of anilines is 1. The summed E-state index contributed by atoms with van der Waals surface area (Å²) in [7, 11) is 2.05. The van der Waals surface area contributed by atoms with Crippen LogP contribution < -0.4 is 15.4 Å². The van der Waals surface area contributed by atoms with Gasteiger partial charge < -0.3 is 20.3 Å². The largest absolute Gasteiger partial charge is 0.492 e. The Hall–Kier alpha value is -2.24. The number of hydrogen-bond donors (Lipinski definition) is 2. The average Bonchev–Trinajstić information content (AvgIpc) is 3.24. The molecule has 8 atom stereocenters. The smallest absolute Gasteiger partial charge is 0.319 e. The number of para-hydroxylation sites is 2. The van der Waals surface area contributed by atoms with Crippen LogP contribution >= 0.6 is 0 Å². The lowest BCUT2D eigenvalue weighted by Crippen LogP contribution is -2.61. The molecular formula is C31H47N3O3. The highest BCUT2D eigenvalue weighted by Crippen LogP contribution is 2.67. The molecule has 1 aromatic carbocycles. The molecule has 2 unspecified atom stereocenters. The third-order valence-corrected chi connectivity index (χ3v) is 11.3. The van der Waals surface area contributed by atoms with Crippen LogP contribution in [0.4, 0.5) is 10.5 Å². The van der Waals surface area contributed by atoms with Gasteiger partial charge in [0.1, 0.15) is 5.75 Å². The third-order valence-electron chi connectivity index (χ3n) is 11.3. The zero-order chi connectivity index (χ0) is 26.4. The maximum atomic E-state index is 12.8. The van der Waals surface area contributed by atoms with Gasteiger partial charge in [-0.05, 0) is 104 Å². The molecule has 4 aliphatic rings. The first kappa shape index (κ1) is 26.4. The first-order valence-electron chi connectivity index (χ1n) is 14.7. The fraction of sp³-hybridized carbons (Fsp3) is 0.742. The number of carbonyl (C=O) groups is 2. The number of fused-ring (bicyclic) bond motifs is 5. The normalized spacial score (nSPS) is 37.7. The summed E-state index contributed by atoms with van der Waals surface area (Å²) in [5, 5.41) is 6.13. The monoisotopic (exact) mass is 509 g/mol. The molecule has 6 heteroatoms. The van der Waals surface area contributed by atoms with Crippen LogP contribution in [0.3, 0.4) is 0 Å². The van der Waals surface area contributed by atoms with Crippen LogP contribution in [0, 0.1) is 40.4 Å². The van der Waals surface area contributed by atoms with Crippen LogP contribution in [0.2, 0.25) is 0 Å². The van der Waals surface area contributed by atoms with E-state index in [1.807, 2.05) is 38.2 Å². The SMILES string of the molecule is CCOc1ccccc1NC(=O)NCC(C)[C@H]1CC[C@H]2[C@@H]3CCC4N(C)C(=O)CC[C@]4(C)[C@H]3CC[C@]12C. The summed E-state index contributed by atoms with van der Waals surface area (Å²) >= 11 is 0. The number of rotatable bonds is 6. The molecule has 1 aromatic rings. The van der Waals surface area contributed by atoms with E-state index >= 15 is 0 Å². The lowest BCUT2D eigenvalue weighted by molar-refractivity contribution is -0.158. The minimum atomic E-state index is -0.162. The van der Waals surface area contributed by atoms with E-state index in [-0.39, 0.29) is 11.4 Å². The molecule has 5 rings (SSSR count). The van der Waals surface area contributed by atoms with Crippen molar-refractivity contribution >= 4 is 17.6 Å². The summed E-state index contributed by atoms with van der Waals surface area (Å²) in [4.78, 5) is 27.3. The molecule has 1 aliphatic heterocycles. The van der Waals surface area contributed by atoms with E-state index in [0.29, 0.717) is 53.8 Å². The molecule has 37 heavy (non-hydrogen) atoms. The lowest BCUT2D eigenvalue weighted by atomic mass is 9.46. The molecule has 3 aliphatic carbocycles. The molecule has 4 fully saturated rings. The highest BCUT2D eigenvalue weighted by molar-refractivity contribution is 5.90. The van der Waals surface area contributed by atoms with E-state index in [2.05, 4.69) is 36.3 Å². The molecule has 3 saturated carbocycles. The van der Waals surface area contributed by atoms with Gasteiger partial charge in [-0.15, -0.1) is 0 Å². The Balaban J connectivity index is 1.22. The van der Waals surface area contributed by atoms with E-state index in [4.69, 9.17) is 4.74 Å². The van der Waals surface area contributed by atoms with E-state index in [1.54, 1.807) is 0 Å². The van der Waals surface area contributed by atoms with Crippen molar-refractivity contribution in [3.63, 3.8) is 0 Å². The minimum absolute atomic E-state index is 0.162. The quantitative estimate of drug-likeness (QED) is 0.471. The van der Waals surface area contributed by atoms with Crippen LogP contribution in [0.1, 0.15) is 79.1 Å². The molecular weight excluding hydrogens is 462 g/mol. The number of nitrogens with one attached hydrogen (secondary N) is 2. The van der Waals surface area contributed by atoms with Crippen LogP contribution in [-0.4, -0.2) is 43.1 Å². The summed E-state index contributed by atoms with van der Waals surface area (Å²) in [6.45, 7) is 10.6. The topological polar surface area (TPSA) is 70.7 Å². The number of ether oxygens (including phenoxy) is 1. The first-order chi connectivity index (χ1) is 17.7. The molecule has 0 radical (unpaired) electrons. The second-order valence-corrected chi connectivity index (χ2v) is 13.0. The second-order valence-electron chi connectivity index (χ2n) is 13.0. The van der Waals surface area contributed by atoms with Gasteiger partial charge in [0.2, 0.25) is 5.91 Å². The summed E-state index contributed by atoms with van der Waals surface area (Å²) in [6, 6.07) is 7.85. The van der Waals surface area contributed by atoms with Crippen LogP contribution in [0.5, 0.6) is 5.75 Å². The fourth-order valence-electron chi connectivity index (χ4n) is 9.54. The van der Waals surface area contributed by atoms with Gasteiger partial charge in [-0.25, -0.2) is 4.79 Å². The summed E-state index contributed by atoms with van der Waals surface area (Å²) in [6.07, 6.45) is 9.37. The average molecular weight is 510 g/mol. The van der Waals surface area contributed by atoms with Gasteiger partial charge >= 0.3 is 6.03 Å². The molecule has 6 nitrogen and oxygen atoms in total. The Bertz CT molecular complexity index is 1010. The number of amides is 3. The number of piperidine rings is 1. The Morgan fingerprint density at radius 2 is 1.84 bits per heavy atom. The van der Waals surface area contributed by atoms with Crippen molar-refractivity contribution in [1.82, 2.24) is 10.2 Å². The van der Waals surface area contributed by atoms with Crippen molar-refractivity contribution in [3.05, 3.63) is 24.3 Å². The number of hydrogen-bond acceptors (Lipinski definition) is 3. The maximum absolute atomic E-state index is 12.8. The van der Waals surface area contributed by atoms with Gasteiger partial charge in [-0.1, -0.05) is 32.9 Å². The van der Waals surface area contributed by atoms with E-state index in [0.717, 1.165) is 37.0 Å². The molecule has 0 aromatic heterocycles. The van der Waals surface area contributed by atoms with E-state index in [1.165, 1.54) is 32.1 Å². The number of benzene rings is 1. The number of carbonyl (C=O) groups excluding carboxylic acids is 2. The molecule has 0 spiro atoms. The zero-order valence-corrected chi connectivity index (χ0v) is 23.5. The van der Waals surface area contributed by atoms with Gasteiger partial charge in [0.25, 0.3) is 0 Å². The Kier molecular flexibility index (Phi) is 7.23. The van der Waals surface area contributed by atoms with Crippen molar-refractivity contribution < 1.29 is 14.3 Å². The van der Waals surface area contributed by atoms with E-state index in [9.17, 15) is 9.59 Å². The molecule has 204 valence electrons. The first-order valence-corrected chi connectivity index (χ1v) is 14.7. The van der Waals surface area contributed by atoms with Crippen molar-refractivity contribution in [2.45, 2.75) is 85.1 Å². The third kappa shape index (κ3) is 4.52. The van der Waals surface area contributed by atoms with Gasteiger partial charge in [0.15, 0.2) is 0 Å². The predicted molar refractivity (Wildman–Crippen MR) is 147 cm³/mol. The van der Waals surface area contributed by atoms with Gasteiger partial charge in [0.05, 0.1) is 12.3 Å². The zero-order valence-electron chi connectivity index (χ0n) is 23.5. The van der Waals surface area contributed by atoms with Crippen molar-refractivity contribution in [1.29, 1.82) is 0 Å². The Morgan fingerprint density at radius 1 is 1.08 bits per heavy atom. The number of nitrogens with zero attached hydrogens (tertiary/aromatic N) is 1. The molecule has 1 saturated heterocycles. The number of likely N-dealkylation sites (tertiary alicyclic amines) is 1. The molecule has 1 heterocycles. The Morgan fingerprint density at radius 3 is 2.62 bits per heavy atom. The Labute approximate surface area is 223 Å². The number of urea groups is 1. The highest BCUT2D eigenvalue weighted by atomic mass is 16.5. The minimum Gasteiger partial charge on any atom is -0.492 e. The molecule has 2 N–H and O–H groups in total. The summed E-state index contributed by atoms with van der Waals surface area (Å²) in [5.74, 6) is 4.40. The van der Waals surface area contributed by atoms with Crippen molar-refractivity contribution in [3.8, 4) is 5.75 Å². The lowest BCUT2D eigenvalue weighted by Gasteiger charge is -2.62. The molecule has 0 bridgehead atoms. The van der Waals surface area contributed by atoms with Crippen molar-refractivity contribution in [2.75, 3.05) is 25.5 Å². The standard InChI is InChI=1S/C31H47N3O3/c1-6-37-26-10-8-7-9-25(26)33-29(36)32-19-20(2)22-12-13-23-21-11-14-27-31(4,18-16-28(35)34(27)5)24(21)15-17-30(22,23)3/h7-10,20-24,27H,6,11-19H2,1-5H3,(H2,32,33,36)/t20?,21-,22+,23-,24-,27?,30+,31+/m0/s1. The van der Waals surface area contributed by atoms with Crippen LogP contribution in [0.25, 0.3) is 0 Å². The fourth-order valence-corrected chi connectivity index (χ4v) is 9.54. The summed E-state index contributed by atoms with van der Waals surface area (Å²) < 4.78 is 5.65. The van der Waals surface area contributed by atoms with Gasteiger partial charge in [-0.2, -0.15) is 0 Å². The highest BCUT2D eigenvalue weighted by Gasteiger charge is 2.61. The van der Waals surface area contributed by atoms with Crippen LogP contribution in [0.15, 0.2) is 24.3 Å². The van der Waals surface area contributed by atoms with Crippen LogP contribution in [-0.2, 0) is 4.79 Å². The molecule has 3 amide bonds. The van der Waals surface area contributed by atoms with Crippen molar-refractivity contribution in [2.24, 2.45) is 40.4 Å². The summed E-state index contributed by atoms with van der Waals surface area (Å²) in [5.41, 5.74) is 1.33. The maximum Gasteiger partial charge on any atom is 0.319 e.